The van der Waals surface area contributed by atoms with Crippen molar-refractivity contribution in [2.75, 3.05) is 32.7 Å². The molecule has 2 rings (SSSR count). The molecule has 1 aromatic heterocycles. The third kappa shape index (κ3) is 4.05. The molecule has 0 saturated carbocycles. The quantitative estimate of drug-likeness (QED) is 0.908. The first kappa shape index (κ1) is 16.5. The molecule has 1 aliphatic rings. The van der Waals surface area contributed by atoms with E-state index in [0.717, 1.165) is 49.6 Å². The summed E-state index contributed by atoms with van der Waals surface area (Å²) in [6.45, 7) is 10.2. The normalized spacial score (nSPS) is 18.2. The summed E-state index contributed by atoms with van der Waals surface area (Å²) in [5.74, 6) is 0.556. The lowest BCUT2D eigenvalue weighted by molar-refractivity contribution is 0.0526. The van der Waals surface area contributed by atoms with Gasteiger partial charge in [-0.05, 0) is 29.3 Å². The van der Waals surface area contributed by atoms with Crippen molar-refractivity contribution in [3.8, 4) is 0 Å². The molecule has 0 unspecified atom stereocenters. The van der Waals surface area contributed by atoms with Gasteiger partial charge in [-0.1, -0.05) is 20.8 Å². The summed E-state index contributed by atoms with van der Waals surface area (Å²) in [6, 6.07) is 2.07. The molecule has 1 saturated heterocycles. The summed E-state index contributed by atoms with van der Waals surface area (Å²) in [5.41, 5.74) is 1.16. The molecule has 2 heterocycles. The largest absolute Gasteiger partial charge is 0.392 e. The second-order valence-electron chi connectivity index (χ2n) is 6.01. The summed E-state index contributed by atoms with van der Waals surface area (Å²) in [5, 5.41) is 11.7. The topological polar surface area (TPSA) is 43.8 Å². The number of carbonyl (C=O) groups is 1. The van der Waals surface area contributed by atoms with Gasteiger partial charge in [-0.3, -0.25) is 9.69 Å². The van der Waals surface area contributed by atoms with Crippen molar-refractivity contribution in [2.45, 2.75) is 39.2 Å². The summed E-state index contributed by atoms with van der Waals surface area (Å²) in [6.07, 6.45) is 0.531. The van der Waals surface area contributed by atoms with Crippen LogP contribution in [-0.2, 0) is 0 Å². The molecule has 1 N–H and O–H groups in total. The van der Waals surface area contributed by atoms with Crippen LogP contribution in [0.5, 0.6) is 0 Å². The van der Waals surface area contributed by atoms with Crippen LogP contribution in [0.15, 0.2) is 11.4 Å². The van der Waals surface area contributed by atoms with Crippen LogP contribution in [0, 0.1) is 0 Å². The molecule has 0 aromatic carbocycles. The molecule has 4 nitrogen and oxygen atoms in total. The first-order valence-corrected chi connectivity index (χ1v) is 8.68. The number of carbonyl (C=O) groups excluding carboxylic acids is 1. The second kappa shape index (κ2) is 7.38. The van der Waals surface area contributed by atoms with Gasteiger partial charge in [-0.25, -0.2) is 0 Å². The molecule has 1 aromatic rings. The summed E-state index contributed by atoms with van der Waals surface area (Å²) in [7, 11) is 0. The van der Waals surface area contributed by atoms with E-state index >= 15 is 0 Å². The molecule has 0 aliphatic carbocycles. The van der Waals surface area contributed by atoms with E-state index in [4.69, 9.17) is 0 Å². The van der Waals surface area contributed by atoms with E-state index in [1.54, 1.807) is 11.3 Å². The van der Waals surface area contributed by atoms with E-state index < -0.39 is 0 Å². The molecule has 0 bridgehead atoms. The van der Waals surface area contributed by atoms with Gasteiger partial charge in [-0.2, -0.15) is 0 Å². The minimum Gasteiger partial charge on any atom is -0.392 e. The summed E-state index contributed by atoms with van der Waals surface area (Å²) in [4.78, 5) is 17.7. The average molecular weight is 310 g/mol. The number of hydrogen-bond donors (Lipinski definition) is 1. The van der Waals surface area contributed by atoms with Gasteiger partial charge in [0.15, 0.2) is 0 Å². The van der Waals surface area contributed by atoms with Crippen LogP contribution >= 0.6 is 11.3 Å². The Labute approximate surface area is 131 Å². The first-order valence-electron chi connectivity index (χ1n) is 7.80. The molecule has 1 aliphatic heterocycles. The van der Waals surface area contributed by atoms with Crippen LogP contribution < -0.4 is 0 Å². The van der Waals surface area contributed by atoms with Crippen molar-refractivity contribution < 1.29 is 9.90 Å². The SMILES string of the molecule is CC[C@@H](O)CN1CCN(C(=O)c2sccc2C(C)C)CC1. The van der Waals surface area contributed by atoms with Crippen molar-refractivity contribution in [2.24, 2.45) is 0 Å². The number of nitrogens with zero attached hydrogens (tertiary/aromatic N) is 2. The predicted molar refractivity (Wildman–Crippen MR) is 87.0 cm³/mol. The third-order valence-corrected chi connectivity index (χ3v) is 5.03. The number of hydrogen-bond acceptors (Lipinski definition) is 4. The summed E-state index contributed by atoms with van der Waals surface area (Å²) >= 11 is 1.55. The Morgan fingerprint density at radius 3 is 2.57 bits per heavy atom. The predicted octanol–water partition coefficient (Wildman–Crippen LogP) is 2.40. The van der Waals surface area contributed by atoms with E-state index in [2.05, 4.69) is 24.8 Å². The smallest absolute Gasteiger partial charge is 0.264 e. The highest BCUT2D eigenvalue weighted by Crippen LogP contribution is 2.26. The molecule has 5 heteroatoms. The van der Waals surface area contributed by atoms with E-state index in [9.17, 15) is 9.90 Å². The fourth-order valence-electron chi connectivity index (χ4n) is 2.65. The van der Waals surface area contributed by atoms with E-state index in [1.165, 1.54) is 0 Å². The monoisotopic (exact) mass is 310 g/mol. The minimum atomic E-state index is -0.253. The Morgan fingerprint density at radius 1 is 1.33 bits per heavy atom. The lowest BCUT2D eigenvalue weighted by atomic mass is 10.0. The highest BCUT2D eigenvalue weighted by atomic mass is 32.1. The molecular weight excluding hydrogens is 284 g/mol. The van der Waals surface area contributed by atoms with Gasteiger partial charge < -0.3 is 10.0 Å². The van der Waals surface area contributed by atoms with Crippen molar-refractivity contribution in [1.82, 2.24) is 9.80 Å². The number of amides is 1. The Hall–Kier alpha value is -0.910. The standard InChI is InChI=1S/C16H26N2O2S/c1-4-13(19)11-17-6-8-18(9-7-17)16(20)15-14(12(2)3)5-10-21-15/h5,10,12-13,19H,4,6-9,11H2,1-3H3/t13-/m1/s1. The van der Waals surface area contributed by atoms with Gasteiger partial charge in [0.2, 0.25) is 0 Å². The van der Waals surface area contributed by atoms with Crippen LogP contribution in [-0.4, -0.2) is 59.6 Å². The zero-order chi connectivity index (χ0) is 15.4. The van der Waals surface area contributed by atoms with E-state index in [-0.39, 0.29) is 12.0 Å². The lowest BCUT2D eigenvalue weighted by Gasteiger charge is -2.35. The molecule has 0 radical (unpaired) electrons. The Balaban J connectivity index is 1.93. The summed E-state index contributed by atoms with van der Waals surface area (Å²) < 4.78 is 0. The molecule has 21 heavy (non-hydrogen) atoms. The third-order valence-electron chi connectivity index (χ3n) is 4.11. The zero-order valence-electron chi connectivity index (χ0n) is 13.2. The highest BCUT2D eigenvalue weighted by molar-refractivity contribution is 7.12. The number of aliphatic hydroxyl groups is 1. The average Bonchev–Trinajstić information content (AvgIpc) is 2.96. The van der Waals surface area contributed by atoms with Crippen LogP contribution in [0.25, 0.3) is 0 Å². The fourth-order valence-corrected chi connectivity index (χ4v) is 3.67. The molecule has 1 atom stereocenters. The maximum Gasteiger partial charge on any atom is 0.264 e. The fraction of sp³-hybridized carbons (Fsp3) is 0.688. The second-order valence-corrected chi connectivity index (χ2v) is 6.93. The number of thiophene rings is 1. The Morgan fingerprint density at radius 2 is 2.00 bits per heavy atom. The number of rotatable bonds is 5. The first-order chi connectivity index (χ1) is 10.0. The molecule has 1 fully saturated rings. The molecule has 1 amide bonds. The van der Waals surface area contributed by atoms with Gasteiger partial charge in [0.05, 0.1) is 11.0 Å². The van der Waals surface area contributed by atoms with E-state index in [1.807, 2.05) is 17.2 Å². The van der Waals surface area contributed by atoms with Crippen molar-refractivity contribution >= 4 is 17.2 Å². The number of piperazine rings is 1. The van der Waals surface area contributed by atoms with Crippen LogP contribution in [0.3, 0.4) is 0 Å². The Kier molecular flexibility index (Phi) is 5.79. The van der Waals surface area contributed by atoms with Gasteiger partial charge in [0.25, 0.3) is 5.91 Å². The molecular formula is C16H26N2O2S. The Bertz CT molecular complexity index is 465. The maximum absolute atomic E-state index is 12.6. The van der Waals surface area contributed by atoms with Crippen LogP contribution in [0.1, 0.15) is 48.3 Å². The molecule has 118 valence electrons. The van der Waals surface area contributed by atoms with Crippen molar-refractivity contribution in [3.63, 3.8) is 0 Å². The van der Waals surface area contributed by atoms with Gasteiger partial charge in [-0.15, -0.1) is 11.3 Å². The maximum atomic E-state index is 12.6. The highest BCUT2D eigenvalue weighted by Gasteiger charge is 2.25. The minimum absolute atomic E-state index is 0.171. The number of β-amino-alcohol motifs (C(OH)–C–C–N with tert-alkyl or cyclic N) is 1. The lowest BCUT2D eigenvalue weighted by Crippen LogP contribution is -2.50. The van der Waals surface area contributed by atoms with Crippen LogP contribution in [0.4, 0.5) is 0 Å². The van der Waals surface area contributed by atoms with Crippen molar-refractivity contribution in [3.05, 3.63) is 21.9 Å². The van der Waals surface area contributed by atoms with E-state index in [0.29, 0.717) is 5.92 Å². The zero-order valence-corrected chi connectivity index (χ0v) is 14.0. The van der Waals surface area contributed by atoms with Gasteiger partial charge in [0.1, 0.15) is 0 Å². The van der Waals surface area contributed by atoms with Crippen molar-refractivity contribution in [1.29, 1.82) is 0 Å². The van der Waals surface area contributed by atoms with Crippen LogP contribution in [0.2, 0.25) is 0 Å². The van der Waals surface area contributed by atoms with Gasteiger partial charge in [0, 0.05) is 32.7 Å². The molecule has 0 spiro atoms. The van der Waals surface area contributed by atoms with Gasteiger partial charge >= 0.3 is 0 Å². The number of aliphatic hydroxyl groups excluding tert-OH is 1.